The summed E-state index contributed by atoms with van der Waals surface area (Å²) >= 11 is 0.549. The number of fused-ring (bicyclic) bond motifs is 1. The van der Waals surface area contributed by atoms with Crippen LogP contribution < -0.4 is 11.1 Å². The van der Waals surface area contributed by atoms with Crippen molar-refractivity contribution in [3.05, 3.63) is 68.6 Å². The molecule has 1 aromatic carbocycles. The summed E-state index contributed by atoms with van der Waals surface area (Å²) in [6.45, 7) is 2.88. The molecule has 0 fully saturated rings. The van der Waals surface area contributed by atoms with E-state index in [0.29, 0.717) is 17.0 Å². The van der Waals surface area contributed by atoms with Crippen LogP contribution in [0.2, 0.25) is 0 Å². The molecule has 0 radical (unpaired) electrons. The maximum absolute atomic E-state index is 13.6. The first kappa shape index (κ1) is 25.7. The summed E-state index contributed by atoms with van der Waals surface area (Å²) in [5.41, 5.74) is 4.39. The lowest BCUT2D eigenvalue weighted by atomic mass is 10.0. The predicted molar refractivity (Wildman–Crippen MR) is 125 cm³/mol. The normalized spacial score (nSPS) is 12.5. The fraction of sp³-hybridized carbons (Fsp3) is 0.182. The third-order valence-corrected chi connectivity index (χ3v) is 6.52. The van der Waals surface area contributed by atoms with E-state index < -0.39 is 46.3 Å². The van der Waals surface area contributed by atoms with E-state index in [4.69, 9.17) is 5.73 Å². The molecule has 3 heterocycles. The molecule has 4 aromatic rings. The second kappa shape index (κ2) is 9.24. The number of thiophene rings is 1. The van der Waals surface area contributed by atoms with Crippen LogP contribution in [-0.2, 0) is 11.0 Å². The highest BCUT2D eigenvalue weighted by Gasteiger charge is 2.35. The number of nitrogens with one attached hydrogen (secondary N) is 1. The molecule has 3 N–H and O–H groups in total. The van der Waals surface area contributed by atoms with Crippen molar-refractivity contribution in [2.75, 3.05) is 5.32 Å². The number of alkyl halides is 3. The zero-order valence-corrected chi connectivity index (χ0v) is 19.8. The Bertz CT molecular complexity index is 1560. The van der Waals surface area contributed by atoms with Gasteiger partial charge in [0, 0.05) is 5.39 Å². The number of anilines is 1. The van der Waals surface area contributed by atoms with Crippen LogP contribution in [0, 0.1) is 22.9 Å². The highest BCUT2D eigenvalue weighted by molar-refractivity contribution is 7.21. The number of aromatic nitrogens is 3. The van der Waals surface area contributed by atoms with Gasteiger partial charge in [0.1, 0.15) is 27.3 Å². The van der Waals surface area contributed by atoms with Crippen molar-refractivity contribution >= 4 is 44.9 Å². The number of aryl methyl sites for hydroxylation is 1. The average molecular weight is 536 g/mol. The van der Waals surface area contributed by atoms with Crippen LogP contribution in [0.5, 0.6) is 0 Å². The number of nitro groups is 1. The van der Waals surface area contributed by atoms with Gasteiger partial charge in [-0.1, -0.05) is 12.1 Å². The van der Waals surface area contributed by atoms with Crippen LogP contribution in [0.4, 0.5) is 29.1 Å². The highest BCUT2D eigenvalue weighted by atomic mass is 32.1. The summed E-state index contributed by atoms with van der Waals surface area (Å²) in [4.78, 5) is 38.8. The van der Waals surface area contributed by atoms with Gasteiger partial charge >= 0.3 is 12.0 Å². The number of nitrogens with two attached hydrogens (primary N) is 1. The lowest BCUT2D eigenvalue weighted by molar-refractivity contribution is -0.389. The minimum absolute atomic E-state index is 0.0119. The van der Waals surface area contributed by atoms with Crippen molar-refractivity contribution in [2.45, 2.75) is 26.1 Å². The van der Waals surface area contributed by atoms with Gasteiger partial charge in [0.25, 0.3) is 11.8 Å². The van der Waals surface area contributed by atoms with E-state index in [1.54, 1.807) is 0 Å². The Balaban J connectivity index is 1.89. The minimum atomic E-state index is -4.84. The lowest BCUT2D eigenvalue weighted by Gasteiger charge is -2.14. The number of hydrogen-bond donors (Lipinski definition) is 2. The van der Waals surface area contributed by atoms with Gasteiger partial charge in [-0.2, -0.15) is 17.9 Å². The summed E-state index contributed by atoms with van der Waals surface area (Å²) < 4.78 is 55.4. The molecule has 192 valence electrons. The molecule has 0 spiro atoms. The van der Waals surface area contributed by atoms with Crippen molar-refractivity contribution in [3.63, 3.8) is 0 Å². The number of amides is 2. The fourth-order valence-corrected chi connectivity index (χ4v) is 4.69. The summed E-state index contributed by atoms with van der Waals surface area (Å²) in [6, 6.07) is 5.34. The summed E-state index contributed by atoms with van der Waals surface area (Å²) in [5.74, 6) is -2.93. The van der Waals surface area contributed by atoms with E-state index in [0.717, 1.165) is 28.9 Å². The largest absolute Gasteiger partial charge is 0.433 e. The third kappa shape index (κ3) is 4.84. The zero-order chi connectivity index (χ0) is 27.2. The van der Waals surface area contributed by atoms with Gasteiger partial charge in [0.15, 0.2) is 0 Å². The quantitative estimate of drug-likeness (QED) is 0.205. The van der Waals surface area contributed by atoms with E-state index in [2.05, 4.69) is 15.4 Å². The van der Waals surface area contributed by atoms with Gasteiger partial charge in [0.05, 0.1) is 22.5 Å². The average Bonchev–Trinajstić information content (AvgIpc) is 3.39. The van der Waals surface area contributed by atoms with E-state index in [1.807, 2.05) is 0 Å². The zero-order valence-electron chi connectivity index (χ0n) is 19.0. The van der Waals surface area contributed by atoms with Gasteiger partial charge in [-0.25, -0.2) is 9.37 Å². The van der Waals surface area contributed by atoms with Crippen molar-refractivity contribution in [2.24, 2.45) is 5.73 Å². The van der Waals surface area contributed by atoms with Gasteiger partial charge in [-0.05, 0) is 48.1 Å². The lowest BCUT2D eigenvalue weighted by Crippen LogP contribution is -2.26. The maximum atomic E-state index is 13.6. The van der Waals surface area contributed by atoms with Gasteiger partial charge in [-0.15, -0.1) is 11.3 Å². The van der Waals surface area contributed by atoms with Crippen molar-refractivity contribution in [1.82, 2.24) is 14.8 Å². The van der Waals surface area contributed by atoms with E-state index in [-0.39, 0.29) is 31.9 Å². The van der Waals surface area contributed by atoms with Crippen molar-refractivity contribution in [3.8, 4) is 11.1 Å². The van der Waals surface area contributed by atoms with Crippen LogP contribution in [-0.4, -0.2) is 31.5 Å². The number of hydrogen-bond acceptors (Lipinski definition) is 7. The predicted octanol–water partition coefficient (Wildman–Crippen LogP) is 4.83. The molecule has 0 aliphatic heterocycles. The fourth-order valence-electron chi connectivity index (χ4n) is 3.68. The Hall–Kier alpha value is -4.40. The molecule has 0 aliphatic carbocycles. The monoisotopic (exact) mass is 536 g/mol. The molecule has 0 aliphatic rings. The Kier molecular flexibility index (Phi) is 6.41. The van der Waals surface area contributed by atoms with Gasteiger partial charge in [-0.3, -0.25) is 9.59 Å². The van der Waals surface area contributed by atoms with Gasteiger partial charge in [0.2, 0.25) is 0 Å². The molecule has 37 heavy (non-hydrogen) atoms. The van der Waals surface area contributed by atoms with Crippen LogP contribution in [0.3, 0.4) is 0 Å². The Morgan fingerprint density at radius 3 is 2.41 bits per heavy atom. The van der Waals surface area contributed by atoms with E-state index in [1.165, 1.54) is 26.0 Å². The minimum Gasteiger partial charge on any atom is -0.365 e. The topological polar surface area (TPSA) is 146 Å². The summed E-state index contributed by atoms with van der Waals surface area (Å²) in [6.07, 6.45) is -4.84. The Morgan fingerprint density at radius 1 is 1.22 bits per heavy atom. The summed E-state index contributed by atoms with van der Waals surface area (Å²) in [5, 5.41) is 17.3. The summed E-state index contributed by atoms with van der Waals surface area (Å²) in [7, 11) is 0. The first-order valence-corrected chi connectivity index (χ1v) is 11.2. The molecule has 2 amide bonds. The molecule has 1 atom stereocenters. The number of halogens is 4. The van der Waals surface area contributed by atoms with Crippen LogP contribution in [0.15, 0.2) is 36.4 Å². The molecule has 15 heteroatoms. The van der Waals surface area contributed by atoms with E-state index >= 15 is 0 Å². The third-order valence-electron chi connectivity index (χ3n) is 5.42. The Labute approximate surface area is 208 Å². The smallest absolute Gasteiger partial charge is 0.365 e. The number of benzene rings is 1. The number of nitrogens with zero attached hydrogens (tertiary/aromatic N) is 4. The number of carbonyl (C=O) groups is 2. The Morgan fingerprint density at radius 2 is 1.86 bits per heavy atom. The van der Waals surface area contributed by atoms with Crippen LogP contribution in [0.1, 0.15) is 34.0 Å². The molecule has 0 saturated heterocycles. The SMILES string of the molecule is Cc1cc([N+](=O)[O-])nn1C(C)C(=O)Nc1c(C(N)=O)sc2nc(C(F)(F)F)cc(-c3ccc(F)cc3)c12. The molecular weight excluding hydrogens is 520 g/mol. The molecule has 1 unspecified atom stereocenters. The first-order chi connectivity index (χ1) is 17.3. The second-order valence-corrected chi connectivity index (χ2v) is 8.92. The van der Waals surface area contributed by atoms with Crippen molar-refractivity contribution < 1.29 is 32.1 Å². The standard InChI is InChI=1S/C22H16F4N6O4S/c1-9-7-15(32(35)36)30-31(9)10(2)20(34)29-17-16-13(11-3-5-12(23)6-4-11)8-14(22(24,25)26)28-21(16)37-18(17)19(27)33/h3-8,10H,1-2H3,(H2,27,33)(H,29,34). The first-order valence-electron chi connectivity index (χ1n) is 10.4. The van der Waals surface area contributed by atoms with Crippen LogP contribution in [0.25, 0.3) is 21.3 Å². The second-order valence-electron chi connectivity index (χ2n) is 7.92. The van der Waals surface area contributed by atoms with Crippen molar-refractivity contribution in [1.29, 1.82) is 0 Å². The maximum Gasteiger partial charge on any atom is 0.433 e. The number of pyridine rings is 1. The number of rotatable bonds is 6. The number of primary amides is 1. The molecule has 4 rings (SSSR count). The van der Waals surface area contributed by atoms with Crippen LogP contribution >= 0.6 is 11.3 Å². The highest BCUT2D eigenvalue weighted by Crippen LogP contribution is 2.44. The molecule has 0 saturated carbocycles. The molecule has 10 nitrogen and oxygen atoms in total. The van der Waals surface area contributed by atoms with Gasteiger partial charge < -0.3 is 21.2 Å². The molecular formula is C22H16F4N6O4S. The molecule has 3 aromatic heterocycles. The number of carbonyl (C=O) groups excluding carboxylic acids is 2. The van der Waals surface area contributed by atoms with E-state index in [9.17, 15) is 37.3 Å². The molecule has 0 bridgehead atoms.